The molecule has 0 bridgehead atoms. The fraction of sp³-hybridized carbons (Fsp3) is 0.263. The highest BCUT2D eigenvalue weighted by molar-refractivity contribution is 5.82. The monoisotopic (exact) mass is 297 g/mol. The van der Waals surface area contributed by atoms with Crippen molar-refractivity contribution < 1.29 is 9.13 Å². The van der Waals surface area contributed by atoms with E-state index in [9.17, 15) is 4.39 Å². The molecule has 0 atom stereocenters. The highest BCUT2D eigenvalue weighted by Crippen LogP contribution is 2.27. The first-order valence-corrected chi connectivity index (χ1v) is 7.54. The minimum absolute atomic E-state index is 0.171. The number of aromatic nitrogens is 1. The van der Waals surface area contributed by atoms with Gasteiger partial charge in [-0.3, -0.25) is 0 Å². The lowest BCUT2D eigenvalue weighted by Crippen LogP contribution is -2.09. The molecule has 0 unspecified atom stereocenters. The molecule has 22 heavy (non-hydrogen) atoms. The number of hydrogen-bond donors (Lipinski definition) is 0. The van der Waals surface area contributed by atoms with E-state index in [2.05, 4.69) is 13.8 Å². The van der Waals surface area contributed by atoms with Crippen LogP contribution in [-0.2, 0) is 6.61 Å². The van der Waals surface area contributed by atoms with Crippen molar-refractivity contribution in [2.45, 2.75) is 33.4 Å². The maximum absolute atomic E-state index is 14.2. The summed E-state index contributed by atoms with van der Waals surface area (Å²) in [6, 6.07) is 15.3. The summed E-state index contributed by atoms with van der Waals surface area (Å²) in [5.41, 5.74) is 2.74. The van der Waals surface area contributed by atoms with E-state index in [1.165, 1.54) is 6.07 Å². The van der Waals surface area contributed by atoms with E-state index in [1.807, 2.05) is 47.9 Å². The Hall–Kier alpha value is -2.29. The van der Waals surface area contributed by atoms with Crippen molar-refractivity contribution in [2.24, 2.45) is 0 Å². The minimum atomic E-state index is -0.187. The van der Waals surface area contributed by atoms with Crippen LogP contribution < -0.4 is 4.74 Å². The van der Waals surface area contributed by atoms with Gasteiger partial charge >= 0.3 is 0 Å². The summed E-state index contributed by atoms with van der Waals surface area (Å²) in [5, 5.41) is 0.914. The topological polar surface area (TPSA) is 14.2 Å². The Kier molecular flexibility index (Phi) is 3.88. The van der Waals surface area contributed by atoms with Gasteiger partial charge in [0.1, 0.15) is 18.2 Å². The van der Waals surface area contributed by atoms with Crippen molar-refractivity contribution in [1.82, 2.24) is 4.57 Å². The van der Waals surface area contributed by atoms with Gasteiger partial charge in [0.15, 0.2) is 0 Å². The molecule has 0 spiro atoms. The first-order chi connectivity index (χ1) is 10.6. The second-order valence-electron chi connectivity index (χ2n) is 5.83. The fourth-order valence-corrected chi connectivity index (χ4v) is 2.87. The maximum Gasteiger partial charge on any atom is 0.147 e. The number of halogens is 1. The van der Waals surface area contributed by atoms with Crippen molar-refractivity contribution >= 4 is 10.9 Å². The Morgan fingerprint density at radius 2 is 1.86 bits per heavy atom. The summed E-state index contributed by atoms with van der Waals surface area (Å²) in [4.78, 5) is 0. The minimum Gasteiger partial charge on any atom is -0.487 e. The second-order valence-corrected chi connectivity index (χ2v) is 5.83. The van der Waals surface area contributed by atoms with Gasteiger partial charge in [-0.25, -0.2) is 4.39 Å². The molecule has 0 aliphatic heterocycles. The molecule has 0 fully saturated rings. The van der Waals surface area contributed by atoms with Gasteiger partial charge in [-0.05, 0) is 44.5 Å². The van der Waals surface area contributed by atoms with Gasteiger partial charge in [-0.1, -0.05) is 30.3 Å². The third kappa shape index (κ3) is 2.59. The molecule has 0 saturated heterocycles. The summed E-state index contributed by atoms with van der Waals surface area (Å²) in [5.74, 6) is 0.678. The summed E-state index contributed by atoms with van der Waals surface area (Å²) < 4.78 is 22.1. The zero-order valence-corrected chi connectivity index (χ0v) is 13.1. The maximum atomic E-state index is 14.2. The Labute approximate surface area is 130 Å². The van der Waals surface area contributed by atoms with Gasteiger partial charge in [0.05, 0.1) is 11.2 Å². The third-order valence-corrected chi connectivity index (χ3v) is 3.88. The number of aryl methyl sites for hydroxylation is 1. The molecule has 3 heteroatoms. The molecule has 0 N–H and O–H groups in total. The van der Waals surface area contributed by atoms with E-state index in [1.54, 1.807) is 6.07 Å². The number of nitrogens with zero attached hydrogens (tertiary/aromatic N) is 1. The normalized spacial score (nSPS) is 11.3. The fourth-order valence-electron chi connectivity index (χ4n) is 2.87. The summed E-state index contributed by atoms with van der Waals surface area (Å²) in [6.45, 7) is 6.57. The zero-order chi connectivity index (χ0) is 15.7. The SMILES string of the molecule is Cc1ccccc1OCc1cc2cccc(F)c2n1C(C)C. The van der Waals surface area contributed by atoms with Crippen molar-refractivity contribution in [3.63, 3.8) is 0 Å². The quantitative estimate of drug-likeness (QED) is 0.641. The molecule has 3 aromatic rings. The predicted octanol–water partition coefficient (Wildman–Crippen LogP) is 5.25. The van der Waals surface area contributed by atoms with Gasteiger partial charge in [0.2, 0.25) is 0 Å². The predicted molar refractivity (Wildman–Crippen MR) is 87.8 cm³/mol. The smallest absolute Gasteiger partial charge is 0.147 e. The highest BCUT2D eigenvalue weighted by atomic mass is 19.1. The number of ether oxygens (including phenoxy) is 1. The van der Waals surface area contributed by atoms with Gasteiger partial charge in [-0.15, -0.1) is 0 Å². The average Bonchev–Trinajstić information content (AvgIpc) is 2.86. The molecule has 0 saturated carbocycles. The van der Waals surface area contributed by atoms with E-state index in [-0.39, 0.29) is 11.9 Å². The Morgan fingerprint density at radius 1 is 1.09 bits per heavy atom. The Bertz CT molecular complexity index is 804. The lowest BCUT2D eigenvalue weighted by Gasteiger charge is -2.16. The van der Waals surface area contributed by atoms with E-state index in [4.69, 9.17) is 4.74 Å². The molecule has 2 aromatic carbocycles. The van der Waals surface area contributed by atoms with Crippen LogP contribution in [-0.4, -0.2) is 4.57 Å². The van der Waals surface area contributed by atoms with Crippen LogP contribution in [0.4, 0.5) is 4.39 Å². The van der Waals surface area contributed by atoms with E-state index < -0.39 is 0 Å². The zero-order valence-electron chi connectivity index (χ0n) is 13.1. The molecule has 0 aliphatic carbocycles. The number of fused-ring (bicyclic) bond motifs is 1. The lowest BCUT2D eigenvalue weighted by molar-refractivity contribution is 0.291. The van der Waals surface area contributed by atoms with Crippen molar-refractivity contribution in [3.8, 4) is 5.75 Å². The molecule has 0 amide bonds. The first kappa shape index (κ1) is 14.6. The van der Waals surface area contributed by atoms with Gasteiger partial charge in [-0.2, -0.15) is 0 Å². The number of benzene rings is 2. The van der Waals surface area contributed by atoms with Crippen molar-refractivity contribution in [1.29, 1.82) is 0 Å². The number of rotatable bonds is 4. The summed E-state index contributed by atoms with van der Waals surface area (Å²) in [6.07, 6.45) is 0. The van der Waals surface area contributed by atoms with Crippen LogP contribution in [0.15, 0.2) is 48.5 Å². The molecule has 1 aromatic heterocycles. The van der Waals surface area contributed by atoms with Crippen LogP contribution in [0.3, 0.4) is 0 Å². The summed E-state index contributed by atoms with van der Waals surface area (Å²) >= 11 is 0. The Morgan fingerprint density at radius 3 is 2.59 bits per heavy atom. The largest absolute Gasteiger partial charge is 0.487 e. The molecular weight excluding hydrogens is 277 g/mol. The van der Waals surface area contributed by atoms with Crippen LogP contribution in [0.1, 0.15) is 31.1 Å². The van der Waals surface area contributed by atoms with E-state index >= 15 is 0 Å². The van der Waals surface area contributed by atoms with Gasteiger partial charge < -0.3 is 9.30 Å². The van der Waals surface area contributed by atoms with Crippen molar-refractivity contribution in [2.75, 3.05) is 0 Å². The third-order valence-electron chi connectivity index (χ3n) is 3.88. The van der Waals surface area contributed by atoms with Crippen molar-refractivity contribution in [3.05, 3.63) is 65.6 Å². The summed E-state index contributed by atoms with van der Waals surface area (Å²) in [7, 11) is 0. The van der Waals surface area contributed by atoms with E-state index in [0.717, 1.165) is 22.4 Å². The van der Waals surface area contributed by atoms with Crippen LogP contribution in [0.2, 0.25) is 0 Å². The molecule has 3 rings (SSSR count). The van der Waals surface area contributed by atoms with Crippen LogP contribution >= 0.6 is 0 Å². The number of hydrogen-bond acceptors (Lipinski definition) is 1. The average molecular weight is 297 g/mol. The second kappa shape index (κ2) is 5.84. The standard InChI is InChI=1S/C19H20FNO/c1-13(2)21-16(11-15-8-6-9-17(20)19(15)21)12-22-18-10-5-4-7-14(18)3/h4-11,13H,12H2,1-3H3. The van der Waals surface area contributed by atoms with E-state index in [0.29, 0.717) is 12.1 Å². The molecular formula is C19H20FNO. The highest BCUT2D eigenvalue weighted by Gasteiger charge is 2.15. The van der Waals surface area contributed by atoms with Gasteiger partial charge in [0, 0.05) is 11.4 Å². The first-order valence-electron chi connectivity index (χ1n) is 7.54. The molecule has 1 heterocycles. The van der Waals surface area contributed by atoms with Crippen LogP contribution in [0.5, 0.6) is 5.75 Å². The Balaban J connectivity index is 1.99. The molecule has 0 radical (unpaired) electrons. The van der Waals surface area contributed by atoms with Crippen LogP contribution in [0, 0.1) is 12.7 Å². The lowest BCUT2D eigenvalue weighted by atomic mass is 10.2. The molecule has 0 aliphatic rings. The van der Waals surface area contributed by atoms with Crippen LogP contribution in [0.25, 0.3) is 10.9 Å². The number of para-hydroxylation sites is 2. The molecule has 114 valence electrons. The molecule has 2 nitrogen and oxygen atoms in total. The van der Waals surface area contributed by atoms with Gasteiger partial charge in [0.25, 0.3) is 0 Å².